The van der Waals surface area contributed by atoms with Crippen LogP contribution in [0, 0.1) is 0 Å². The van der Waals surface area contributed by atoms with E-state index >= 15 is 0 Å². The Labute approximate surface area is 275 Å². The minimum Gasteiger partial charge on any atom is -0.456 e. The SMILES string of the molecule is CC1(C)c2ccccc2-c2c(N(c3ccc(-c4ccccc4)cc3)c3ccccc3-c3cccc4oc5ccccc5c34)cccc21. The quantitative estimate of drug-likeness (QED) is 0.195. The topological polar surface area (TPSA) is 16.4 Å². The van der Waals surface area contributed by atoms with Crippen LogP contribution in [-0.2, 0) is 5.41 Å². The molecule has 1 aliphatic carbocycles. The summed E-state index contributed by atoms with van der Waals surface area (Å²) in [6.07, 6.45) is 0. The molecule has 2 nitrogen and oxygen atoms in total. The maximum absolute atomic E-state index is 6.35. The Kier molecular flexibility index (Phi) is 6.20. The normalized spacial score (nSPS) is 13.1. The van der Waals surface area contributed by atoms with E-state index in [1.165, 1.54) is 39.1 Å². The third-order valence-corrected chi connectivity index (χ3v) is 9.90. The van der Waals surface area contributed by atoms with Crippen molar-refractivity contribution in [2.75, 3.05) is 4.90 Å². The van der Waals surface area contributed by atoms with E-state index in [2.05, 4.69) is 176 Å². The standard InChI is InChI=1S/C45H33NO/c1-45(2)37-20-9-6-17-35(37)44-38(45)21-13-23-40(44)46(32-28-26-31(27-29-32)30-14-4-3-5-15-30)39-22-10-7-16-33(39)34-19-12-25-42-43(34)36-18-8-11-24-41(36)47-42/h3-29H,1-2H3. The lowest BCUT2D eigenvalue weighted by atomic mass is 9.82. The molecule has 0 aliphatic heterocycles. The van der Waals surface area contributed by atoms with E-state index in [1.54, 1.807) is 0 Å². The number of furan rings is 1. The van der Waals surface area contributed by atoms with Gasteiger partial charge in [-0.15, -0.1) is 0 Å². The number of benzene rings is 7. The predicted molar refractivity (Wildman–Crippen MR) is 197 cm³/mol. The molecule has 0 unspecified atom stereocenters. The van der Waals surface area contributed by atoms with E-state index in [1.807, 2.05) is 6.07 Å². The van der Waals surface area contributed by atoms with Crippen molar-refractivity contribution in [2.24, 2.45) is 0 Å². The molecule has 0 bridgehead atoms. The minimum absolute atomic E-state index is 0.106. The number of hydrogen-bond acceptors (Lipinski definition) is 2. The average Bonchev–Trinajstić information content (AvgIpc) is 3.62. The maximum Gasteiger partial charge on any atom is 0.136 e. The van der Waals surface area contributed by atoms with Gasteiger partial charge in [-0.25, -0.2) is 0 Å². The maximum atomic E-state index is 6.35. The van der Waals surface area contributed by atoms with Crippen LogP contribution in [0.25, 0.3) is 55.3 Å². The molecule has 9 rings (SSSR count). The first-order valence-electron chi connectivity index (χ1n) is 16.3. The summed E-state index contributed by atoms with van der Waals surface area (Å²) in [5, 5.41) is 2.27. The third kappa shape index (κ3) is 4.26. The molecular formula is C45H33NO. The lowest BCUT2D eigenvalue weighted by Gasteiger charge is -2.30. The first-order valence-corrected chi connectivity index (χ1v) is 16.3. The van der Waals surface area contributed by atoms with Crippen LogP contribution in [0.15, 0.2) is 168 Å². The average molecular weight is 604 g/mol. The van der Waals surface area contributed by atoms with E-state index in [4.69, 9.17) is 4.42 Å². The molecule has 0 saturated carbocycles. The van der Waals surface area contributed by atoms with Gasteiger partial charge in [-0.2, -0.15) is 0 Å². The van der Waals surface area contributed by atoms with Crippen LogP contribution < -0.4 is 4.90 Å². The zero-order chi connectivity index (χ0) is 31.5. The van der Waals surface area contributed by atoms with Gasteiger partial charge >= 0.3 is 0 Å². The molecule has 7 aromatic carbocycles. The molecule has 0 atom stereocenters. The summed E-state index contributed by atoms with van der Waals surface area (Å²) in [7, 11) is 0. The Hall–Kier alpha value is -5.86. The van der Waals surface area contributed by atoms with Crippen LogP contribution in [0.3, 0.4) is 0 Å². The third-order valence-electron chi connectivity index (χ3n) is 9.90. The molecule has 1 heterocycles. The summed E-state index contributed by atoms with van der Waals surface area (Å²) in [5.41, 5.74) is 15.1. The Balaban J connectivity index is 1.32. The highest BCUT2D eigenvalue weighted by atomic mass is 16.3. The van der Waals surface area contributed by atoms with Crippen molar-refractivity contribution in [1.82, 2.24) is 0 Å². The summed E-state index contributed by atoms with van der Waals surface area (Å²) in [6, 6.07) is 58.9. The van der Waals surface area contributed by atoms with Crippen LogP contribution in [0.1, 0.15) is 25.0 Å². The number of para-hydroxylation sites is 2. The van der Waals surface area contributed by atoms with Gasteiger partial charge in [0.25, 0.3) is 0 Å². The number of anilines is 3. The Morgan fingerprint density at radius 3 is 1.89 bits per heavy atom. The lowest BCUT2D eigenvalue weighted by Crippen LogP contribution is -2.16. The van der Waals surface area contributed by atoms with Crippen LogP contribution in [-0.4, -0.2) is 0 Å². The zero-order valence-corrected chi connectivity index (χ0v) is 26.4. The second-order valence-electron chi connectivity index (χ2n) is 12.9. The van der Waals surface area contributed by atoms with Crippen molar-refractivity contribution in [2.45, 2.75) is 19.3 Å². The van der Waals surface area contributed by atoms with Gasteiger partial charge < -0.3 is 9.32 Å². The second kappa shape index (κ2) is 10.6. The molecule has 1 aromatic heterocycles. The molecule has 0 radical (unpaired) electrons. The molecule has 0 spiro atoms. The molecule has 47 heavy (non-hydrogen) atoms. The second-order valence-corrected chi connectivity index (χ2v) is 12.9. The first-order chi connectivity index (χ1) is 23.1. The van der Waals surface area contributed by atoms with Gasteiger partial charge in [0.15, 0.2) is 0 Å². The van der Waals surface area contributed by atoms with E-state index in [-0.39, 0.29) is 5.41 Å². The van der Waals surface area contributed by atoms with Gasteiger partial charge in [0.05, 0.1) is 11.4 Å². The van der Waals surface area contributed by atoms with Crippen LogP contribution in [0.2, 0.25) is 0 Å². The highest BCUT2D eigenvalue weighted by molar-refractivity contribution is 6.14. The minimum atomic E-state index is -0.106. The number of hydrogen-bond donors (Lipinski definition) is 0. The first kappa shape index (κ1) is 27.5. The van der Waals surface area contributed by atoms with Gasteiger partial charge in [0, 0.05) is 33.0 Å². The molecule has 224 valence electrons. The monoisotopic (exact) mass is 603 g/mol. The number of fused-ring (bicyclic) bond motifs is 6. The summed E-state index contributed by atoms with van der Waals surface area (Å²) in [6.45, 7) is 4.69. The number of rotatable bonds is 5. The Morgan fingerprint density at radius 1 is 0.447 bits per heavy atom. The highest BCUT2D eigenvalue weighted by Crippen LogP contribution is 2.55. The van der Waals surface area contributed by atoms with Crippen LogP contribution in [0.5, 0.6) is 0 Å². The summed E-state index contributed by atoms with van der Waals surface area (Å²) >= 11 is 0. The molecule has 0 fully saturated rings. The molecule has 8 aromatic rings. The molecule has 0 saturated heterocycles. The van der Waals surface area contributed by atoms with Gasteiger partial charge in [-0.3, -0.25) is 0 Å². The Morgan fingerprint density at radius 2 is 1.04 bits per heavy atom. The summed E-state index contributed by atoms with van der Waals surface area (Å²) < 4.78 is 6.35. The zero-order valence-electron chi connectivity index (χ0n) is 26.4. The molecule has 0 N–H and O–H groups in total. The molecule has 1 aliphatic rings. The van der Waals surface area contributed by atoms with Crippen molar-refractivity contribution in [3.8, 4) is 33.4 Å². The molecule has 0 amide bonds. The predicted octanol–water partition coefficient (Wildman–Crippen LogP) is 12.7. The van der Waals surface area contributed by atoms with Crippen LogP contribution in [0.4, 0.5) is 17.1 Å². The van der Waals surface area contributed by atoms with Gasteiger partial charge in [0.1, 0.15) is 11.2 Å². The van der Waals surface area contributed by atoms with E-state index in [0.29, 0.717) is 0 Å². The molecular weight excluding hydrogens is 571 g/mol. The van der Waals surface area contributed by atoms with E-state index in [9.17, 15) is 0 Å². The van der Waals surface area contributed by atoms with Gasteiger partial charge in [-0.1, -0.05) is 141 Å². The number of nitrogens with zero attached hydrogens (tertiary/aromatic N) is 1. The van der Waals surface area contributed by atoms with Crippen molar-refractivity contribution in [3.05, 3.63) is 175 Å². The fourth-order valence-electron chi connectivity index (χ4n) is 7.66. The van der Waals surface area contributed by atoms with Crippen molar-refractivity contribution >= 4 is 39.0 Å². The smallest absolute Gasteiger partial charge is 0.136 e. The lowest BCUT2D eigenvalue weighted by molar-refractivity contribution is 0.660. The van der Waals surface area contributed by atoms with Gasteiger partial charge in [0.2, 0.25) is 0 Å². The fraction of sp³-hybridized carbons (Fsp3) is 0.0667. The van der Waals surface area contributed by atoms with Crippen LogP contribution >= 0.6 is 0 Å². The largest absolute Gasteiger partial charge is 0.456 e. The summed E-state index contributed by atoms with van der Waals surface area (Å²) in [5.74, 6) is 0. The summed E-state index contributed by atoms with van der Waals surface area (Å²) in [4.78, 5) is 2.46. The van der Waals surface area contributed by atoms with E-state index in [0.717, 1.165) is 44.4 Å². The van der Waals surface area contributed by atoms with Crippen molar-refractivity contribution in [1.29, 1.82) is 0 Å². The van der Waals surface area contributed by atoms with Gasteiger partial charge in [-0.05, 0) is 69.8 Å². The van der Waals surface area contributed by atoms with Crippen molar-refractivity contribution in [3.63, 3.8) is 0 Å². The van der Waals surface area contributed by atoms with E-state index < -0.39 is 0 Å². The Bertz CT molecular complexity index is 2430. The highest BCUT2D eigenvalue weighted by Gasteiger charge is 2.38. The molecule has 2 heteroatoms. The fourth-order valence-corrected chi connectivity index (χ4v) is 7.66. The van der Waals surface area contributed by atoms with Crippen molar-refractivity contribution < 1.29 is 4.42 Å².